The highest BCUT2D eigenvalue weighted by atomic mass is 31.2. The van der Waals surface area contributed by atoms with Crippen LogP contribution >= 0.6 is 7.82 Å². The molecule has 0 aromatic rings. The average Bonchev–Trinajstić information content (AvgIpc) is 2.50. The normalized spacial score (nSPS) is 18.0. The van der Waals surface area contributed by atoms with Crippen LogP contribution < -0.4 is 11.3 Å². The number of nitrogens with one attached hydrogen (secondary N) is 1. The number of nitrogens with two attached hydrogens (primary N) is 1. The van der Waals surface area contributed by atoms with Crippen molar-refractivity contribution in [1.82, 2.24) is 5.43 Å². The molecule has 0 unspecified atom stereocenters. The van der Waals surface area contributed by atoms with Crippen LogP contribution in [0.4, 0.5) is 0 Å². The van der Waals surface area contributed by atoms with Gasteiger partial charge in [0.05, 0.1) is 0 Å². The number of aliphatic hydroxyl groups is 1. The zero-order chi connectivity index (χ0) is 16.3. The first-order valence-electron chi connectivity index (χ1n) is 5.65. The zero-order valence-electron chi connectivity index (χ0n) is 11.0. The molecule has 9 nitrogen and oxygen atoms in total. The van der Waals surface area contributed by atoms with Crippen LogP contribution in [0.1, 0.15) is 19.8 Å². The lowest BCUT2D eigenvalue weighted by Gasteiger charge is -2.24. The molecule has 7 N–H and O–H groups in total. The first-order valence-corrected chi connectivity index (χ1v) is 7.18. The van der Waals surface area contributed by atoms with Gasteiger partial charge in [-0.25, -0.2) is 9.99 Å². The van der Waals surface area contributed by atoms with Gasteiger partial charge in [0, 0.05) is 6.42 Å². The zero-order valence-corrected chi connectivity index (χ0v) is 11.9. The van der Waals surface area contributed by atoms with Crippen LogP contribution in [0.2, 0.25) is 0 Å². The highest BCUT2D eigenvalue weighted by Crippen LogP contribution is 2.40. The van der Waals surface area contributed by atoms with Gasteiger partial charge >= 0.3 is 13.8 Å². The summed E-state index contributed by atoms with van der Waals surface area (Å²) in [4.78, 5) is 28.7. The summed E-state index contributed by atoms with van der Waals surface area (Å²) >= 11 is 0. The van der Waals surface area contributed by atoms with E-state index < -0.39 is 30.8 Å². The number of carbonyl (C=O) groups is 1. The van der Waals surface area contributed by atoms with Crippen molar-refractivity contribution in [2.45, 2.75) is 25.3 Å². The van der Waals surface area contributed by atoms with Crippen LogP contribution in [0.25, 0.3) is 0 Å². The molecule has 0 bridgehead atoms. The third-order valence-electron chi connectivity index (χ3n) is 2.68. The van der Waals surface area contributed by atoms with E-state index in [4.69, 9.17) is 20.7 Å². The number of phosphoric acid groups is 1. The van der Waals surface area contributed by atoms with E-state index in [1.807, 2.05) is 0 Å². The van der Waals surface area contributed by atoms with Gasteiger partial charge < -0.3 is 14.7 Å². The van der Waals surface area contributed by atoms with Gasteiger partial charge in [0.25, 0.3) is 0 Å². The van der Waals surface area contributed by atoms with Crippen LogP contribution in [0.3, 0.4) is 0 Å². The van der Waals surface area contributed by atoms with Crippen molar-refractivity contribution in [3.8, 4) is 11.8 Å². The SMILES string of the molecule is C[C@@](CC1=CC(OP(=O)(O)O)=C(O)C#CC1)(NN)C(=O)O. The number of carboxylic acid groups (broad SMARTS) is 1. The Hall–Kier alpha value is -1.82. The Morgan fingerprint density at radius 1 is 1.62 bits per heavy atom. The molecular weight excluding hydrogens is 303 g/mol. The van der Waals surface area contributed by atoms with Crippen LogP contribution in [0, 0.1) is 11.8 Å². The number of allylic oxidation sites excluding steroid dienone is 2. The van der Waals surface area contributed by atoms with Gasteiger partial charge in [0.15, 0.2) is 5.76 Å². The van der Waals surface area contributed by atoms with E-state index in [0.717, 1.165) is 6.08 Å². The Kier molecular flexibility index (Phi) is 5.17. The topological polar surface area (TPSA) is 162 Å². The molecule has 0 saturated heterocycles. The smallest absolute Gasteiger partial charge is 0.498 e. The maximum Gasteiger partial charge on any atom is 0.524 e. The summed E-state index contributed by atoms with van der Waals surface area (Å²) in [6.45, 7) is 1.33. The first-order chi connectivity index (χ1) is 9.57. The second kappa shape index (κ2) is 6.30. The molecule has 0 aliphatic heterocycles. The highest BCUT2D eigenvalue weighted by molar-refractivity contribution is 7.46. The van der Waals surface area contributed by atoms with Gasteiger partial charge in [-0.3, -0.25) is 20.4 Å². The lowest BCUT2D eigenvalue weighted by atomic mass is 9.92. The van der Waals surface area contributed by atoms with Crippen molar-refractivity contribution in [1.29, 1.82) is 0 Å². The molecule has 0 heterocycles. The third kappa shape index (κ3) is 4.90. The van der Waals surface area contributed by atoms with Crippen LogP contribution in [0.5, 0.6) is 0 Å². The van der Waals surface area contributed by atoms with Crippen molar-refractivity contribution in [3.63, 3.8) is 0 Å². The first kappa shape index (κ1) is 17.2. The summed E-state index contributed by atoms with van der Waals surface area (Å²) in [6.07, 6.45) is 1.11. The van der Waals surface area contributed by atoms with Crippen LogP contribution in [0.15, 0.2) is 23.2 Å². The number of phosphoric ester groups is 1. The van der Waals surface area contributed by atoms with E-state index in [-0.39, 0.29) is 12.8 Å². The number of hydrogen-bond donors (Lipinski definition) is 6. The number of aliphatic hydroxyl groups excluding tert-OH is 1. The molecule has 0 saturated carbocycles. The van der Waals surface area contributed by atoms with Crippen molar-refractivity contribution < 1.29 is 33.9 Å². The van der Waals surface area contributed by atoms with Gasteiger partial charge in [-0.1, -0.05) is 11.5 Å². The number of aliphatic carboxylic acids is 1. The molecule has 1 rings (SSSR count). The van der Waals surface area contributed by atoms with E-state index in [1.165, 1.54) is 6.92 Å². The van der Waals surface area contributed by atoms with E-state index in [9.17, 15) is 14.5 Å². The second-order valence-corrected chi connectivity index (χ2v) is 5.70. The van der Waals surface area contributed by atoms with Gasteiger partial charge in [0.1, 0.15) is 5.54 Å². The summed E-state index contributed by atoms with van der Waals surface area (Å²) in [6, 6.07) is 0. The highest BCUT2D eigenvalue weighted by Gasteiger charge is 2.33. The molecule has 0 aromatic heterocycles. The Morgan fingerprint density at radius 3 is 2.71 bits per heavy atom. The van der Waals surface area contributed by atoms with E-state index in [2.05, 4.69) is 21.8 Å². The average molecular weight is 318 g/mol. The molecule has 1 aliphatic carbocycles. The quantitative estimate of drug-likeness (QED) is 0.170. The fourth-order valence-corrected chi connectivity index (χ4v) is 1.96. The number of rotatable bonds is 6. The Balaban J connectivity index is 3.10. The Labute approximate surface area is 120 Å². The summed E-state index contributed by atoms with van der Waals surface area (Å²) in [5, 5.41) is 18.6. The Bertz CT molecular complexity index is 610. The second-order valence-electron chi connectivity index (χ2n) is 4.53. The molecule has 1 aliphatic rings. The summed E-state index contributed by atoms with van der Waals surface area (Å²) in [7, 11) is -4.88. The van der Waals surface area contributed by atoms with Crippen molar-refractivity contribution in [2.24, 2.45) is 5.84 Å². The van der Waals surface area contributed by atoms with Crippen molar-refractivity contribution in [2.75, 3.05) is 0 Å². The van der Waals surface area contributed by atoms with Crippen molar-refractivity contribution in [3.05, 3.63) is 23.2 Å². The maximum absolute atomic E-state index is 11.2. The Morgan fingerprint density at radius 2 is 2.24 bits per heavy atom. The lowest BCUT2D eigenvalue weighted by molar-refractivity contribution is -0.144. The fourth-order valence-electron chi connectivity index (χ4n) is 1.56. The molecule has 0 aromatic carbocycles. The van der Waals surface area contributed by atoms with E-state index >= 15 is 0 Å². The predicted octanol–water partition coefficient (Wildman–Crippen LogP) is -0.105. The van der Waals surface area contributed by atoms with Gasteiger partial charge in [-0.15, -0.1) is 0 Å². The standard InChI is InChI=1S/C11H15N2O7P/c1-11(13-12,10(15)16)6-7-3-2-4-8(14)9(5-7)20-21(17,18)19/h5,13-14H,3,6,12H2,1H3,(H,15,16)(H2,17,18,19)/t11-/m0/s1. The van der Waals surface area contributed by atoms with Gasteiger partial charge in [-0.05, 0) is 25.3 Å². The van der Waals surface area contributed by atoms with E-state index in [0.29, 0.717) is 5.57 Å². The molecule has 0 amide bonds. The van der Waals surface area contributed by atoms with E-state index in [1.54, 1.807) is 0 Å². The number of carboxylic acids is 1. The molecule has 0 spiro atoms. The number of hydrazine groups is 1. The molecular formula is C11H15N2O7P. The van der Waals surface area contributed by atoms with Crippen LogP contribution in [-0.4, -0.2) is 31.5 Å². The minimum Gasteiger partial charge on any atom is -0.498 e. The summed E-state index contributed by atoms with van der Waals surface area (Å²) in [5.41, 5.74) is 1.03. The minimum atomic E-state index is -4.88. The van der Waals surface area contributed by atoms with Crippen LogP contribution in [-0.2, 0) is 13.9 Å². The number of hydrogen-bond acceptors (Lipinski definition) is 6. The largest absolute Gasteiger partial charge is 0.524 e. The molecule has 1 atom stereocenters. The molecule has 10 heteroatoms. The maximum atomic E-state index is 11.2. The summed E-state index contributed by atoms with van der Waals surface area (Å²) in [5.74, 6) is 7.61. The molecule has 0 radical (unpaired) electrons. The summed E-state index contributed by atoms with van der Waals surface area (Å²) < 4.78 is 15.2. The molecule has 21 heavy (non-hydrogen) atoms. The monoisotopic (exact) mass is 318 g/mol. The third-order valence-corrected chi connectivity index (χ3v) is 3.11. The van der Waals surface area contributed by atoms with Gasteiger partial charge in [0.2, 0.25) is 5.76 Å². The molecule has 0 fully saturated rings. The van der Waals surface area contributed by atoms with Crippen molar-refractivity contribution >= 4 is 13.8 Å². The lowest BCUT2D eigenvalue weighted by Crippen LogP contribution is -2.53. The molecule has 116 valence electrons. The minimum absolute atomic E-state index is 0.0859. The van der Waals surface area contributed by atoms with Gasteiger partial charge in [-0.2, -0.15) is 0 Å². The predicted molar refractivity (Wildman–Crippen MR) is 71.2 cm³/mol. The fraction of sp³-hybridized carbons (Fsp3) is 0.364.